The quantitative estimate of drug-likeness (QED) is 0.545. The summed E-state index contributed by atoms with van der Waals surface area (Å²) in [6.45, 7) is 4.13. The predicted octanol–water partition coefficient (Wildman–Crippen LogP) is 3.45. The van der Waals surface area contributed by atoms with Crippen LogP contribution in [0.1, 0.15) is 20.3 Å². The number of hydrogen-bond donors (Lipinski definition) is 3. The molecule has 4 N–H and O–H groups in total. The van der Waals surface area contributed by atoms with Crippen molar-refractivity contribution in [3.05, 3.63) is 34.9 Å². The summed E-state index contributed by atoms with van der Waals surface area (Å²) in [5, 5.41) is 3.21. The Morgan fingerprint density at radius 2 is 2.24 bits per heavy atom. The molecule has 0 radical (unpaired) electrons. The number of nitrogens with zero attached hydrogens (tertiary/aromatic N) is 2. The summed E-state index contributed by atoms with van der Waals surface area (Å²) in [5.74, 6) is 7.10. The van der Waals surface area contributed by atoms with Crippen molar-refractivity contribution in [1.82, 2.24) is 9.97 Å². The number of ether oxygens (including phenoxy) is 1. The highest BCUT2D eigenvalue weighted by molar-refractivity contribution is 9.10. The highest BCUT2D eigenvalue weighted by Crippen LogP contribution is 2.26. The number of nitrogens with two attached hydrogens (primary N) is 1. The molecule has 0 amide bonds. The number of aromatic nitrogens is 2. The van der Waals surface area contributed by atoms with E-state index in [4.69, 9.17) is 10.6 Å². The number of rotatable bonds is 6. The first kappa shape index (κ1) is 15.5. The van der Waals surface area contributed by atoms with E-state index < -0.39 is 0 Å². The molecule has 0 fully saturated rings. The van der Waals surface area contributed by atoms with Gasteiger partial charge in [-0.3, -0.25) is 5.43 Å². The molecule has 2 aromatic rings. The topological polar surface area (TPSA) is 85.1 Å². The minimum atomic E-state index is 0.180. The molecule has 0 spiro atoms. The van der Waals surface area contributed by atoms with Crippen LogP contribution < -0.4 is 21.3 Å². The fourth-order valence-corrected chi connectivity index (χ4v) is 1.91. The number of hydrazine groups is 1. The largest absolute Gasteiger partial charge is 0.491 e. The van der Waals surface area contributed by atoms with Gasteiger partial charge in [0.05, 0.1) is 10.6 Å². The average Bonchev–Trinajstić information content (AvgIpc) is 2.49. The molecule has 1 unspecified atom stereocenters. The van der Waals surface area contributed by atoms with Crippen LogP contribution in [0.25, 0.3) is 0 Å². The SMILES string of the molecule is CCC(C)Oc1cccc(Nc2nc(NN)ncc2Br)c1. The molecule has 0 saturated carbocycles. The van der Waals surface area contributed by atoms with Gasteiger partial charge in [-0.25, -0.2) is 10.8 Å². The minimum absolute atomic E-state index is 0.180. The standard InChI is InChI=1S/C14H18BrN5O/c1-3-9(2)21-11-6-4-5-10(7-11)18-13-12(15)8-17-14(19-13)20-16/h4-9H,3,16H2,1-2H3,(H2,17,18,19,20). The number of benzene rings is 1. The lowest BCUT2D eigenvalue weighted by Gasteiger charge is -2.14. The van der Waals surface area contributed by atoms with E-state index in [2.05, 4.69) is 43.6 Å². The summed E-state index contributed by atoms with van der Waals surface area (Å²) >= 11 is 3.40. The summed E-state index contributed by atoms with van der Waals surface area (Å²) < 4.78 is 6.55. The molecule has 1 aromatic carbocycles. The van der Waals surface area contributed by atoms with Gasteiger partial charge in [-0.05, 0) is 41.4 Å². The van der Waals surface area contributed by atoms with Crippen LogP contribution in [0.2, 0.25) is 0 Å². The third-order valence-corrected chi connectivity index (χ3v) is 3.46. The van der Waals surface area contributed by atoms with Crippen LogP contribution in [0.5, 0.6) is 5.75 Å². The van der Waals surface area contributed by atoms with E-state index in [9.17, 15) is 0 Å². The Morgan fingerprint density at radius 1 is 1.43 bits per heavy atom. The highest BCUT2D eigenvalue weighted by Gasteiger charge is 2.06. The Kier molecular flexibility index (Phi) is 5.35. The first-order chi connectivity index (χ1) is 10.1. The van der Waals surface area contributed by atoms with Gasteiger partial charge in [0.25, 0.3) is 0 Å². The zero-order valence-electron chi connectivity index (χ0n) is 11.9. The lowest BCUT2D eigenvalue weighted by molar-refractivity contribution is 0.217. The van der Waals surface area contributed by atoms with Crippen LogP contribution in [0.3, 0.4) is 0 Å². The van der Waals surface area contributed by atoms with E-state index in [1.54, 1.807) is 6.20 Å². The van der Waals surface area contributed by atoms with Crippen LogP contribution in [-0.2, 0) is 0 Å². The van der Waals surface area contributed by atoms with Crippen LogP contribution in [0.15, 0.2) is 34.9 Å². The van der Waals surface area contributed by atoms with E-state index in [1.165, 1.54) is 0 Å². The second kappa shape index (κ2) is 7.24. The lowest BCUT2D eigenvalue weighted by Crippen LogP contribution is -2.11. The second-order valence-corrected chi connectivity index (χ2v) is 5.38. The highest BCUT2D eigenvalue weighted by atomic mass is 79.9. The lowest BCUT2D eigenvalue weighted by atomic mass is 10.2. The fraction of sp³-hybridized carbons (Fsp3) is 0.286. The van der Waals surface area contributed by atoms with Gasteiger partial charge in [-0.2, -0.15) is 4.98 Å². The Bertz CT molecular complexity index is 608. The van der Waals surface area contributed by atoms with E-state index in [1.807, 2.05) is 31.2 Å². The number of anilines is 3. The molecular formula is C14H18BrN5O. The molecule has 0 aliphatic heterocycles. The molecule has 1 aromatic heterocycles. The summed E-state index contributed by atoms with van der Waals surface area (Å²) in [5.41, 5.74) is 3.29. The van der Waals surface area contributed by atoms with Crippen LogP contribution in [0, 0.1) is 0 Å². The first-order valence-electron chi connectivity index (χ1n) is 6.65. The average molecular weight is 352 g/mol. The van der Waals surface area contributed by atoms with Gasteiger partial charge in [0.1, 0.15) is 11.6 Å². The number of nitrogen functional groups attached to an aromatic ring is 1. The van der Waals surface area contributed by atoms with Crippen molar-refractivity contribution < 1.29 is 4.74 Å². The monoisotopic (exact) mass is 351 g/mol. The Morgan fingerprint density at radius 3 is 2.95 bits per heavy atom. The minimum Gasteiger partial charge on any atom is -0.491 e. The molecule has 2 rings (SSSR count). The summed E-state index contributed by atoms with van der Waals surface area (Å²) in [6, 6.07) is 7.72. The molecule has 0 bridgehead atoms. The fourth-order valence-electron chi connectivity index (χ4n) is 1.62. The maximum atomic E-state index is 5.80. The molecule has 0 saturated heterocycles. The van der Waals surface area contributed by atoms with Gasteiger partial charge in [-0.15, -0.1) is 0 Å². The second-order valence-electron chi connectivity index (χ2n) is 4.52. The van der Waals surface area contributed by atoms with Gasteiger partial charge in [0, 0.05) is 18.0 Å². The van der Waals surface area contributed by atoms with Crippen molar-refractivity contribution in [3.8, 4) is 5.75 Å². The van der Waals surface area contributed by atoms with Crippen LogP contribution in [-0.4, -0.2) is 16.1 Å². The number of nitrogens with one attached hydrogen (secondary N) is 2. The van der Waals surface area contributed by atoms with Crippen LogP contribution >= 0.6 is 15.9 Å². The molecular weight excluding hydrogens is 334 g/mol. The maximum Gasteiger partial charge on any atom is 0.239 e. The molecule has 1 heterocycles. The zero-order chi connectivity index (χ0) is 15.2. The van der Waals surface area contributed by atoms with Crippen molar-refractivity contribution >= 4 is 33.4 Å². The molecule has 6 nitrogen and oxygen atoms in total. The van der Waals surface area contributed by atoms with Gasteiger partial charge in [0.15, 0.2) is 0 Å². The van der Waals surface area contributed by atoms with E-state index in [0.29, 0.717) is 11.8 Å². The number of hydrogen-bond acceptors (Lipinski definition) is 6. The Labute approximate surface area is 132 Å². The molecule has 1 atom stereocenters. The van der Waals surface area contributed by atoms with Crippen molar-refractivity contribution in [1.29, 1.82) is 0 Å². The van der Waals surface area contributed by atoms with E-state index in [0.717, 1.165) is 22.3 Å². The van der Waals surface area contributed by atoms with Crippen molar-refractivity contribution in [2.45, 2.75) is 26.4 Å². The van der Waals surface area contributed by atoms with Gasteiger partial charge < -0.3 is 10.1 Å². The third-order valence-electron chi connectivity index (χ3n) is 2.88. The van der Waals surface area contributed by atoms with E-state index >= 15 is 0 Å². The molecule has 112 valence electrons. The van der Waals surface area contributed by atoms with Gasteiger partial charge in [0.2, 0.25) is 5.95 Å². The Hall–Kier alpha value is -1.86. The van der Waals surface area contributed by atoms with Crippen molar-refractivity contribution in [2.24, 2.45) is 5.84 Å². The third kappa shape index (κ3) is 4.30. The molecule has 0 aliphatic carbocycles. The van der Waals surface area contributed by atoms with Gasteiger partial charge in [-0.1, -0.05) is 13.0 Å². The maximum absolute atomic E-state index is 5.80. The summed E-state index contributed by atoms with van der Waals surface area (Å²) in [6.07, 6.45) is 2.77. The Balaban J connectivity index is 2.18. The zero-order valence-corrected chi connectivity index (χ0v) is 13.5. The van der Waals surface area contributed by atoms with Crippen molar-refractivity contribution in [3.63, 3.8) is 0 Å². The number of halogens is 1. The predicted molar refractivity (Wildman–Crippen MR) is 87.6 cm³/mol. The van der Waals surface area contributed by atoms with E-state index in [-0.39, 0.29) is 6.10 Å². The molecule has 7 heteroatoms. The molecule has 21 heavy (non-hydrogen) atoms. The van der Waals surface area contributed by atoms with Crippen LogP contribution in [0.4, 0.5) is 17.5 Å². The first-order valence-corrected chi connectivity index (χ1v) is 7.44. The normalized spacial score (nSPS) is 11.8. The smallest absolute Gasteiger partial charge is 0.239 e. The summed E-state index contributed by atoms with van der Waals surface area (Å²) in [7, 11) is 0. The molecule has 0 aliphatic rings. The van der Waals surface area contributed by atoms with Gasteiger partial charge >= 0.3 is 0 Å². The van der Waals surface area contributed by atoms with Crippen molar-refractivity contribution in [2.75, 3.05) is 10.7 Å². The summed E-state index contributed by atoms with van der Waals surface area (Å²) in [4.78, 5) is 8.26.